The first kappa shape index (κ1) is 23.2. The molecule has 0 atom stereocenters. The lowest BCUT2D eigenvalue weighted by atomic mass is 9.98. The lowest BCUT2D eigenvalue weighted by Gasteiger charge is -2.17. The van der Waals surface area contributed by atoms with Crippen LogP contribution in [-0.4, -0.2) is 18.7 Å². The quantitative estimate of drug-likeness (QED) is 0.390. The van der Waals surface area contributed by atoms with Gasteiger partial charge in [0.25, 0.3) is 5.56 Å². The minimum absolute atomic E-state index is 0.140. The molecular weight excluding hydrogens is 466 g/mol. The molecule has 2 aromatic heterocycles. The van der Waals surface area contributed by atoms with E-state index in [1.54, 1.807) is 25.4 Å². The van der Waals surface area contributed by atoms with Crippen molar-refractivity contribution in [2.45, 2.75) is 6.92 Å². The molecule has 0 fully saturated rings. The predicted molar refractivity (Wildman–Crippen MR) is 124 cm³/mol. The Kier molecular flexibility index (Phi) is 6.25. The number of benzene rings is 2. The van der Waals surface area contributed by atoms with Crippen molar-refractivity contribution in [3.05, 3.63) is 89.0 Å². The molecule has 2 heterocycles. The van der Waals surface area contributed by atoms with Crippen LogP contribution in [0.2, 0.25) is 0 Å². The number of anilines is 1. The molecule has 0 spiro atoms. The molecule has 7 nitrogen and oxygen atoms in total. The first-order valence-electron chi connectivity index (χ1n) is 10.2. The number of nitrogens with one attached hydrogen (secondary N) is 1. The SMILES string of the molecule is CCS(=O)(=O)Nc1ccc(Oc2ccc(F)cc2F)c(-c2cn(C)c(=O)cc2-c2ccco2)c1. The highest BCUT2D eigenvalue weighted by molar-refractivity contribution is 7.92. The van der Waals surface area contributed by atoms with Gasteiger partial charge in [0.05, 0.1) is 12.0 Å². The van der Waals surface area contributed by atoms with Crippen LogP contribution in [-0.2, 0) is 17.1 Å². The van der Waals surface area contributed by atoms with E-state index in [0.717, 1.165) is 12.1 Å². The summed E-state index contributed by atoms with van der Waals surface area (Å²) in [5.41, 5.74) is 1.18. The Hall–Kier alpha value is -3.92. The van der Waals surface area contributed by atoms with Gasteiger partial charge >= 0.3 is 0 Å². The topological polar surface area (TPSA) is 90.5 Å². The van der Waals surface area contributed by atoms with Gasteiger partial charge in [-0.05, 0) is 49.4 Å². The molecule has 1 N–H and O–H groups in total. The van der Waals surface area contributed by atoms with Gasteiger partial charge in [0.1, 0.15) is 17.3 Å². The van der Waals surface area contributed by atoms with Crippen LogP contribution in [0.4, 0.5) is 14.5 Å². The largest absolute Gasteiger partial charge is 0.464 e. The van der Waals surface area contributed by atoms with Crippen LogP contribution in [0.3, 0.4) is 0 Å². The van der Waals surface area contributed by atoms with Gasteiger partial charge < -0.3 is 13.7 Å². The van der Waals surface area contributed by atoms with Crippen molar-refractivity contribution in [1.82, 2.24) is 4.57 Å². The maximum atomic E-state index is 14.3. The van der Waals surface area contributed by atoms with Crippen LogP contribution < -0.4 is 15.0 Å². The van der Waals surface area contributed by atoms with Crippen molar-refractivity contribution in [2.24, 2.45) is 7.05 Å². The number of pyridine rings is 1. The molecule has 4 aromatic rings. The molecule has 0 radical (unpaired) electrons. The highest BCUT2D eigenvalue weighted by atomic mass is 32.2. The molecule has 0 amide bonds. The van der Waals surface area contributed by atoms with Gasteiger partial charge in [-0.25, -0.2) is 17.2 Å². The Labute approximate surface area is 194 Å². The third kappa shape index (κ3) is 4.86. The average Bonchev–Trinajstić information content (AvgIpc) is 3.33. The van der Waals surface area contributed by atoms with E-state index in [9.17, 15) is 22.0 Å². The first-order valence-corrected chi connectivity index (χ1v) is 11.8. The molecule has 0 aliphatic heterocycles. The monoisotopic (exact) mass is 486 g/mol. The molecule has 0 saturated heterocycles. The second kappa shape index (κ2) is 9.14. The normalized spacial score (nSPS) is 11.4. The van der Waals surface area contributed by atoms with Gasteiger partial charge in [0, 0.05) is 47.8 Å². The van der Waals surface area contributed by atoms with Crippen LogP contribution >= 0.6 is 0 Å². The smallest absolute Gasteiger partial charge is 0.251 e. The fourth-order valence-electron chi connectivity index (χ4n) is 3.30. The summed E-state index contributed by atoms with van der Waals surface area (Å²) < 4.78 is 67.0. The number of aromatic nitrogens is 1. The van der Waals surface area contributed by atoms with Gasteiger partial charge in [-0.15, -0.1) is 0 Å². The minimum Gasteiger partial charge on any atom is -0.464 e. The Morgan fingerprint density at radius 1 is 1.00 bits per heavy atom. The summed E-state index contributed by atoms with van der Waals surface area (Å²) >= 11 is 0. The van der Waals surface area contributed by atoms with Crippen molar-refractivity contribution >= 4 is 15.7 Å². The summed E-state index contributed by atoms with van der Waals surface area (Å²) in [5, 5.41) is 0. The Morgan fingerprint density at radius 3 is 2.44 bits per heavy atom. The zero-order chi connectivity index (χ0) is 24.5. The molecule has 176 valence electrons. The van der Waals surface area contributed by atoms with Crippen LogP contribution in [0, 0.1) is 11.6 Å². The van der Waals surface area contributed by atoms with E-state index < -0.39 is 21.7 Å². The van der Waals surface area contributed by atoms with Crippen molar-refractivity contribution in [2.75, 3.05) is 10.5 Å². The van der Waals surface area contributed by atoms with Crippen molar-refractivity contribution in [3.8, 4) is 33.9 Å². The summed E-state index contributed by atoms with van der Waals surface area (Å²) in [4.78, 5) is 12.4. The van der Waals surface area contributed by atoms with E-state index in [0.29, 0.717) is 28.5 Å². The highest BCUT2D eigenvalue weighted by Crippen LogP contribution is 2.40. The average molecular weight is 486 g/mol. The number of hydrogen-bond acceptors (Lipinski definition) is 5. The predicted octanol–water partition coefficient (Wildman–Crippen LogP) is 5.14. The molecule has 0 aliphatic carbocycles. The third-order valence-corrected chi connectivity index (χ3v) is 6.36. The zero-order valence-corrected chi connectivity index (χ0v) is 19.0. The van der Waals surface area contributed by atoms with Crippen LogP contribution in [0.1, 0.15) is 6.92 Å². The number of halogens is 2. The summed E-state index contributed by atoms with van der Waals surface area (Å²) in [5.74, 6) is -1.49. The highest BCUT2D eigenvalue weighted by Gasteiger charge is 2.19. The lowest BCUT2D eigenvalue weighted by Crippen LogP contribution is -2.16. The van der Waals surface area contributed by atoms with Crippen LogP contribution in [0.25, 0.3) is 22.5 Å². The van der Waals surface area contributed by atoms with E-state index in [4.69, 9.17) is 9.15 Å². The molecule has 4 rings (SSSR count). The molecule has 34 heavy (non-hydrogen) atoms. The Morgan fingerprint density at radius 2 is 1.76 bits per heavy atom. The first-order chi connectivity index (χ1) is 16.2. The summed E-state index contributed by atoms with van der Waals surface area (Å²) in [6.45, 7) is 1.50. The van der Waals surface area contributed by atoms with Gasteiger partial charge in [-0.3, -0.25) is 9.52 Å². The molecular formula is C24H20F2N2O5S. The molecule has 0 saturated carbocycles. The second-order valence-electron chi connectivity index (χ2n) is 7.42. The van der Waals surface area contributed by atoms with Crippen LogP contribution in [0.15, 0.2) is 76.3 Å². The lowest BCUT2D eigenvalue weighted by molar-refractivity contribution is 0.439. The molecule has 0 bridgehead atoms. The fourth-order valence-corrected chi connectivity index (χ4v) is 3.93. The minimum atomic E-state index is -3.59. The molecule has 10 heteroatoms. The van der Waals surface area contributed by atoms with Crippen LogP contribution in [0.5, 0.6) is 11.5 Å². The summed E-state index contributed by atoms with van der Waals surface area (Å²) in [6.07, 6.45) is 3.00. The zero-order valence-electron chi connectivity index (χ0n) is 18.2. The molecule has 0 unspecified atom stereocenters. The van der Waals surface area contributed by atoms with Gasteiger partial charge in [-0.2, -0.15) is 0 Å². The summed E-state index contributed by atoms with van der Waals surface area (Å²) in [7, 11) is -2.03. The number of furan rings is 1. The van der Waals surface area contributed by atoms with E-state index in [1.165, 1.54) is 42.0 Å². The van der Waals surface area contributed by atoms with E-state index in [2.05, 4.69) is 4.72 Å². The summed E-state index contributed by atoms with van der Waals surface area (Å²) in [6, 6.07) is 12.0. The van der Waals surface area contributed by atoms with Crippen molar-refractivity contribution in [1.29, 1.82) is 0 Å². The van der Waals surface area contributed by atoms with E-state index in [1.807, 2.05) is 0 Å². The van der Waals surface area contributed by atoms with E-state index in [-0.39, 0.29) is 28.5 Å². The number of ether oxygens (including phenoxy) is 1. The number of nitrogens with zero attached hydrogens (tertiary/aromatic N) is 1. The molecule has 0 aliphatic rings. The van der Waals surface area contributed by atoms with Gasteiger partial charge in [0.15, 0.2) is 11.6 Å². The Balaban J connectivity index is 1.94. The third-order valence-electron chi connectivity index (χ3n) is 5.05. The standard InChI is InChI=1S/C24H20F2N2O5S/c1-3-34(30,31)27-16-7-9-22(33-23-8-6-15(25)11-20(23)26)17(12-16)19-14-28(2)24(29)13-18(19)21-5-4-10-32-21/h4-14,27H,3H2,1-2H3. The molecule has 2 aromatic carbocycles. The van der Waals surface area contributed by atoms with E-state index >= 15 is 0 Å². The van der Waals surface area contributed by atoms with Crippen molar-refractivity contribution < 1.29 is 26.4 Å². The number of aryl methyl sites for hydroxylation is 1. The van der Waals surface area contributed by atoms with Crippen molar-refractivity contribution in [3.63, 3.8) is 0 Å². The van der Waals surface area contributed by atoms with Gasteiger partial charge in [-0.1, -0.05) is 0 Å². The second-order valence-corrected chi connectivity index (χ2v) is 9.43. The number of rotatable bonds is 7. The number of sulfonamides is 1. The van der Waals surface area contributed by atoms with Gasteiger partial charge in [0.2, 0.25) is 10.0 Å². The number of hydrogen-bond donors (Lipinski definition) is 1. The Bertz CT molecular complexity index is 1510. The maximum absolute atomic E-state index is 14.3. The fraction of sp³-hybridized carbons (Fsp3) is 0.125. The maximum Gasteiger partial charge on any atom is 0.251 e.